The Morgan fingerprint density at radius 2 is 1.39 bits per heavy atom. The van der Waals surface area contributed by atoms with Crippen molar-refractivity contribution >= 4 is 31.9 Å². The molecule has 0 heterocycles. The van der Waals surface area contributed by atoms with E-state index in [-0.39, 0.29) is 10.8 Å². The van der Waals surface area contributed by atoms with Gasteiger partial charge in [-0.05, 0) is 62.9 Å². The van der Waals surface area contributed by atoms with Crippen molar-refractivity contribution in [1.29, 1.82) is 0 Å². The topological polar surface area (TPSA) is 0 Å². The molecule has 0 radical (unpaired) electrons. The Bertz CT molecular complexity index is 774. The summed E-state index contributed by atoms with van der Waals surface area (Å²) in [6, 6.07) is 11.5. The third-order valence-corrected chi connectivity index (χ3v) is 5.89. The van der Waals surface area contributed by atoms with Crippen LogP contribution in [0.25, 0.3) is 11.1 Å². The summed E-state index contributed by atoms with van der Waals surface area (Å²) >= 11 is 7.49. The van der Waals surface area contributed by atoms with Gasteiger partial charge in [0.15, 0.2) is 0 Å². The Morgan fingerprint density at radius 3 is 1.96 bits per heavy atom. The van der Waals surface area contributed by atoms with Crippen LogP contribution in [0.2, 0.25) is 0 Å². The minimum Gasteiger partial charge on any atom is -0.0593 e. The van der Waals surface area contributed by atoms with Gasteiger partial charge in [0, 0.05) is 14.9 Å². The number of hydrogen-bond acceptors (Lipinski definition) is 0. The number of hydrogen-bond donors (Lipinski definition) is 0. The second-order valence-electron chi connectivity index (χ2n) is 8.70. The molecule has 0 nitrogen and oxygen atoms in total. The first-order valence-electron chi connectivity index (χ1n) is 8.14. The van der Waals surface area contributed by atoms with Crippen LogP contribution in [-0.2, 0) is 5.41 Å². The summed E-state index contributed by atoms with van der Waals surface area (Å²) in [6.07, 6.45) is 0. The number of benzene rings is 2. The lowest BCUT2D eigenvalue weighted by Crippen LogP contribution is -2.18. The molecule has 0 aliphatic heterocycles. The van der Waals surface area contributed by atoms with Crippen LogP contribution in [0.5, 0.6) is 0 Å². The molecule has 0 fully saturated rings. The SMILES string of the molecule is CC(C)(C)c1cc2c(cc1Br)C(C(C)(C)C)c1cc(Br)ccc1-2. The molecule has 2 heteroatoms. The highest BCUT2D eigenvalue weighted by atomic mass is 79.9. The van der Waals surface area contributed by atoms with Crippen molar-refractivity contribution in [2.45, 2.75) is 52.9 Å². The zero-order valence-electron chi connectivity index (χ0n) is 14.7. The first kappa shape index (κ1) is 17.2. The van der Waals surface area contributed by atoms with Gasteiger partial charge in [-0.15, -0.1) is 0 Å². The summed E-state index contributed by atoms with van der Waals surface area (Å²) in [6.45, 7) is 13.8. The third kappa shape index (κ3) is 2.93. The monoisotopic (exact) mass is 434 g/mol. The Hall–Kier alpha value is -0.600. The fourth-order valence-electron chi connectivity index (χ4n) is 3.75. The van der Waals surface area contributed by atoms with E-state index >= 15 is 0 Å². The van der Waals surface area contributed by atoms with E-state index in [0.29, 0.717) is 5.92 Å². The smallest absolute Gasteiger partial charge is 0.0216 e. The van der Waals surface area contributed by atoms with Crippen LogP contribution < -0.4 is 0 Å². The highest BCUT2D eigenvalue weighted by molar-refractivity contribution is 9.10. The molecular formula is C21H24Br2. The molecule has 0 aromatic heterocycles. The first-order valence-corrected chi connectivity index (χ1v) is 9.72. The number of rotatable bonds is 0. The lowest BCUT2D eigenvalue weighted by Gasteiger charge is -2.30. The Labute approximate surface area is 157 Å². The normalized spacial score (nSPS) is 17.1. The molecule has 1 atom stereocenters. The van der Waals surface area contributed by atoms with Crippen molar-refractivity contribution in [2.75, 3.05) is 0 Å². The van der Waals surface area contributed by atoms with Gasteiger partial charge in [-0.2, -0.15) is 0 Å². The fourth-order valence-corrected chi connectivity index (χ4v) is 5.09. The van der Waals surface area contributed by atoms with E-state index in [1.165, 1.54) is 32.3 Å². The third-order valence-electron chi connectivity index (χ3n) is 4.74. The maximum Gasteiger partial charge on any atom is 0.0216 e. The maximum absolute atomic E-state index is 3.83. The van der Waals surface area contributed by atoms with Crippen LogP contribution in [0.3, 0.4) is 0 Å². The quantitative estimate of drug-likeness (QED) is 0.398. The fraction of sp³-hybridized carbons (Fsp3) is 0.429. The summed E-state index contributed by atoms with van der Waals surface area (Å²) < 4.78 is 2.39. The molecule has 0 bridgehead atoms. The zero-order valence-corrected chi connectivity index (χ0v) is 17.9. The highest BCUT2D eigenvalue weighted by Crippen LogP contribution is 2.54. The molecule has 0 N–H and O–H groups in total. The van der Waals surface area contributed by atoms with Crippen molar-refractivity contribution in [3.63, 3.8) is 0 Å². The molecule has 3 rings (SSSR count). The zero-order chi connectivity index (χ0) is 17.2. The molecule has 2 aromatic rings. The first-order chi connectivity index (χ1) is 10.5. The Kier molecular flexibility index (Phi) is 4.09. The van der Waals surface area contributed by atoms with Gasteiger partial charge in [0.2, 0.25) is 0 Å². The van der Waals surface area contributed by atoms with Gasteiger partial charge in [-0.3, -0.25) is 0 Å². The van der Waals surface area contributed by atoms with Gasteiger partial charge in [0.1, 0.15) is 0 Å². The summed E-state index contributed by atoms with van der Waals surface area (Å²) in [5.74, 6) is 0.426. The van der Waals surface area contributed by atoms with Crippen LogP contribution in [0.15, 0.2) is 39.3 Å². The Balaban J connectivity index is 2.33. The minimum absolute atomic E-state index is 0.128. The van der Waals surface area contributed by atoms with Crippen molar-refractivity contribution in [3.05, 3.63) is 56.0 Å². The number of halogens is 2. The van der Waals surface area contributed by atoms with Gasteiger partial charge >= 0.3 is 0 Å². The van der Waals surface area contributed by atoms with Crippen molar-refractivity contribution in [3.8, 4) is 11.1 Å². The molecule has 2 aromatic carbocycles. The van der Waals surface area contributed by atoms with Crippen LogP contribution in [0.1, 0.15) is 64.2 Å². The molecule has 23 heavy (non-hydrogen) atoms. The lowest BCUT2D eigenvalue weighted by atomic mass is 9.74. The van der Waals surface area contributed by atoms with Gasteiger partial charge in [0.25, 0.3) is 0 Å². The van der Waals surface area contributed by atoms with Crippen molar-refractivity contribution < 1.29 is 0 Å². The largest absolute Gasteiger partial charge is 0.0593 e. The van der Waals surface area contributed by atoms with Crippen LogP contribution in [0.4, 0.5) is 0 Å². The minimum atomic E-state index is 0.128. The van der Waals surface area contributed by atoms with Gasteiger partial charge in [-0.1, -0.05) is 79.5 Å². The van der Waals surface area contributed by atoms with E-state index in [2.05, 4.69) is 104 Å². The molecule has 1 aliphatic rings. The maximum atomic E-state index is 3.83. The summed E-state index contributed by atoms with van der Waals surface area (Å²) in [5, 5.41) is 0. The molecule has 0 amide bonds. The average Bonchev–Trinajstić information content (AvgIpc) is 2.68. The molecule has 0 saturated heterocycles. The molecule has 122 valence electrons. The predicted octanol–water partition coefficient (Wildman–Crippen LogP) is 7.67. The number of fused-ring (bicyclic) bond motifs is 3. The van der Waals surface area contributed by atoms with E-state index < -0.39 is 0 Å². The van der Waals surface area contributed by atoms with E-state index in [1.807, 2.05) is 0 Å². The molecule has 1 unspecified atom stereocenters. The van der Waals surface area contributed by atoms with Crippen LogP contribution >= 0.6 is 31.9 Å². The second-order valence-corrected chi connectivity index (χ2v) is 10.5. The van der Waals surface area contributed by atoms with E-state index in [4.69, 9.17) is 0 Å². The Morgan fingerprint density at radius 1 is 0.783 bits per heavy atom. The molecule has 0 saturated carbocycles. The summed E-state index contributed by atoms with van der Waals surface area (Å²) in [5.41, 5.74) is 7.37. The van der Waals surface area contributed by atoms with E-state index in [9.17, 15) is 0 Å². The average molecular weight is 436 g/mol. The molecule has 1 aliphatic carbocycles. The van der Waals surface area contributed by atoms with E-state index in [0.717, 1.165) is 4.47 Å². The molecular weight excluding hydrogens is 412 g/mol. The van der Waals surface area contributed by atoms with Crippen LogP contribution in [0, 0.1) is 5.41 Å². The molecule has 0 spiro atoms. The summed E-state index contributed by atoms with van der Waals surface area (Å²) in [7, 11) is 0. The second kappa shape index (κ2) is 5.46. The van der Waals surface area contributed by atoms with Gasteiger partial charge < -0.3 is 0 Å². The van der Waals surface area contributed by atoms with E-state index in [1.54, 1.807) is 0 Å². The van der Waals surface area contributed by atoms with Gasteiger partial charge in [-0.25, -0.2) is 0 Å². The summed E-state index contributed by atoms with van der Waals surface area (Å²) in [4.78, 5) is 0. The predicted molar refractivity (Wildman–Crippen MR) is 107 cm³/mol. The van der Waals surface area contributed by atoms with Crippen LogP contribution in [-0.4, -0.2) is 0 Å². The van der Waals surface area contributed by atoms with Gasteiger partial charge in [0.05, 0.1) is 0 Å². The highest BCUT2D eigenvalue weighted by Gasteiger charge is 2.38. The van der Waals surface area contributed by atoms with Crippen molar-refractivity contribution in [1.82, 2.24) is 0 Å². The van der Waals surface area contributed by atoms with Crippen molar-refractivity contribution in [2.24, 2.45) is 5.41 Å². The standard InChI is InChI=1S/C21H24Br2/c1-20(2,3)17-10-14-13-8-7-12(22)9-15(13)19(21(4,5)6)16(14)11-18(17)23/h7-11,19H,1-6H3. The lowest BCUT2D eigenvalue weighted by molar-refractivity contribution is 0.363.